The van der Waals surface area contributed by atoms with E-state index in [1.165, 1.54) is 0 Å². The Balaban J connectivity index is 2.48. The molecule has 0 aliphatic heterocycles. The van der Waals surface area contributed by atoms with Gasteiger partial charge in [-0.2, -0.15) is 0 Å². The Morgan fingerprint density at radius 1 is 1.26 bits per heavy atom. The van der Waals surface area contributed by atoms with Gasteiger partial charge in [-0.3, -0.25) is 4.79 Å². The highest BCUT2D eigenvalue weighted by Crippen LogP contribution is 2.10. The zero-order chi connectivity index (χ0) is 14.3. The van der Waals surface area contributed by atoms with Crippen LogP contribution in [0.3, 0.4) is 0 Å². The van der Waals surface area contributed by atoms with Gasteiger partial charge in [0, 0.05) is 19.6 Å². The quantitative estimate of drug-likeness (QED) is 0.817. The molecule has 0 aliphatic carbocycles. The first-order valence-electron chi connectivity index (χ1n) is 6.85. The van der Waals surface area contributed by atoms with Gasteiger partial charge in [0.1, 0.15) is 0 Å². The van der Waals surface area contributed by atoms with Crippen molar-refractivity contribution in [3.63, 3.8) is 0 Å². The van der Waals surface area contributed by atoms with Gasteiger partial charge in [0.15, 0.2) is 0 Å². The van der Waals surface area contributed by atoms with Gasteiger partial charge in [0.2, 0.25) is 5.91 Å². The molecule has 0 heterocycles. The second-order valence-electron chi connectivity index (χ2n) is 4.58. The summed E-state index contributed by atoms with van der Waals surface area (Å²) in [5.74, 6) is 0.144. The third-order valence-corrected chi connectivity index (χ3v) is 3.25. The molecule has 1 aromatic rings. The molecule has 0 bridgehead atoms. The first-order valence-corrected chi connectivity index (χ1v) is 6.85. The second-order valence-corrected chi connectivity index (χ2v) is 4.58. The van der Waals surface area contributed by atoms with E-state index in [0.717, 1.165) is 24.2 Å². The van der Waals surface area contributed by atoms with Crippen molar-refractivity contribution in [1.29, 1.82) is 0 Å². The molecule has 1 rings (SSSR count). The number of nitrogens with one attached hydrogen (secondary N) is 1. The highest BCUT2D eigenvalue weighted by atomic mass is 16.2. The smallest absolute Gasteiger partial charge is 0.239 e. The zero-order valence-electron chi connectivity index (χ0n) is 12.1. The maximum Gasteiger partial charge on any atom is 0.239 e. The normalized spacial score (nSPS) is 11.9. The molecule has 0 saturated heterocycles. The first-order chi connectivity index (χ1) is 9.10. The minimum absolute atomic E-state index is 0.144. The molecule has 1 atom stereocenters. The van der Waals surface area contributed by atoms with Crippen LogP contribution in [0.5, 0.6) is 0 Å². The van der Waals surface area contributed by atoms with Crippen molar-refractivity contribution in [2.45, 2.75) is 26.8 Å². The number of carbonyl (C=O) groups excluding carboxylic acids is 1. The van der Waals surface area contributed by atoms with Crippen LogP contribution in [-0.2, 0) is 4.79 Å². The van der Waals surface area contributed by atoms with Crippen LogP contribution >= 0.6 is 0 Å². The molecule has 0 fully saturated rings. The molecular formula is C16H24N2O. The van der Waals surface area contributed by atoms with Crippen molar-refractivity contribution in [3.05, 3.63) is 42.5 Å². The van der Waals surface area contributed by atoms with E-state index >= 15 is 0 Å². The van der Waals surface area contributed by atoms with E-state index in [4.69, 9.17) is 0 Å². The Kier molecular flexibility index (Phi) is 6.30. The van der Waals surface area contributed by atoms with Gasteiger partial charge in [0.05, 0.1) is 6.04 Å². The topological polar surface area (TPSA) is 32.3 Å². The third kappa shape index (κ3) is 4.52. The van der Waals surface area contributed by atoms with Crippen molar-refractivity contribution >= 4 is 11.5 Å². The lowest BCUT2D eigenvalue weighted by atomic mass is 10.1. The number of hydrogen-bond acceptors (Lipinski definition) is 2. The average molecular weight is 260 g/mol. The SMILES string of the molecule is C=C(CNC(C)C(=O)N(CC)CC)c1ccccc1. The Bertz CT molecular complexity index is 410. The van der Waals surface area contributed by atoms with E-state index in [0.29, 0.717) is 6.54 Å². The van der Waals surface area contributed by atoms with E-state index in [1.54, 1.807) is 0 Å². The van der Waals surface area contributed by atoms with Crippen molar-refractivity contribution in [3.8, 4) is 0 Å². The van der Waals surface area contributed by atoms with E-state index in [-0.39, 0.29) is 11.9 Å². The summed E-state index contributed by atoms with van der Waals surface area (Å²) < 4.78 is 0. The molecule has 0 radical (unpaired) electrons. The predicted octanol–water partition coefficient (Wildman–Crippen LogP) is 2.55. The molecule has 104 valence electrons. The molecule has 0 aromatic heterocycles. The summed E-state index contributed by atoms with van der Waals surface area (Å²) in [7, 11) is 0. The van der Waals surface area contributed by atoms with Crippen molar-refractivity contribution in [1.82, 2.24) is 10.2 Å². The van der Waals surface area contributed by atoms with Crippen LogP contribution in [0.25, 0.3) is 5.57 Å². The first kappa shape index (κ1) is 15.4. The summed E-state index contributed by atoms with van der Waals surface area (Å²) >= 11 is 0. The number of amides is 1. The van der Waals surface area contributed by atoms with Crippen LogP contribution in [-0.4, -0.2) is 36.5 Å². The minimum Gasteiger partial charge on any atom is -0.342 e. The highest BCUT2D eigenvalue weighted by Gasteiger charge is 2.17. The molecule has 3 heteroatoms. The number of benzene rings is 1. The monoisotopic (exact) mass is 260 g/mol. The predicted molar refractivity (Wildman–Crippen MR) is 80.9 cm³/mol. The Morgan fingerprint density at radius 3 is 2.37 bits per heavy atom. The van der Waals surface area contributed by atoms with Gasteiger partial charge in [-0.1, -0.05) is 36.9 Å². The molecule has 0 saturated carbocycles. The van der Waals surface area contributed by atoms with Gasteiger partial charge in [-0.25, -0.2) is 0 Å². The van der Waals surface area contributed by atoms with Crippen LogP contribution in [0.1, 0.15) is 26.3 Å². The van der Waals surface area contributed by atoms with Crippen LogP contribution in [0, 0.1) is 0 Å². The molecule has 1 aromatic carbocycles. The minimum atomic E-state index is -0.180. The molecule has 1 N–H and O–H groups in total. The fourth-order valence-electron chi connectivity index (χ4n) is 1.95. The zero-order valence-corrected chi connectivity index (χ0v) is 12.1. The van der Waals surface area contributed by atoms with Gasteiger partial charge < -0.3 is 10.2 Å². The van der Waals surface area contributed by atoms with Crippen LogP contribution < -0.4 is 5.32 Å². The van der Waals surface area contributed by atoms with Crippen LogP contribution in [0.2, 0.25) is 0 Å². The Hall–Kier alpha value is -1.61. The maximum absolute atomic E-state index is 12.1. The van der Waals surface area contributed by atoms with Gasteiger partial charge in [-0.15, -0.1) is 0 Å². The largest absolute Gasteiger partial charge is 0.342 e. The molecular weight excluding hydrogens is 236 g/mol. The summed E-state index contributed by atoms with van der Waals surface area (Å²) in [6, 6.07) is 9.84. The highest BCUT2D eigenvalue weighted by molar-refractivity contribution is 5.81. The molecule has 0 aliphatic rings. The van der Waals surface area contributed by atoms with Crippen molar-refractivity contribution in [2.75, 3.05) is 19.6 Å². The fraction of sp³-hybridized carbons (Fsp3) is 0.438. The second kappa shape index (κ2) is 7.74. The number of likely N-dealkylation sites (N-methyl/N-ethyl adjacent to an activating group) is 1. The number of nitrogens with zero attached hydrogens (tertiary/aromatic N) is 1. The molecule has 0 spiro atoms. The van der Waals surface area contributed by atoms with Crippen molar-refractivity contribution < 1.29 is 4.79 Å². The van der Waals surface area contributed by atoms with Gasteiger partial charge in [-0.05, 0) is 31.9 Å². The van der Waals surface area contributed by atoms with Crippen molar-refractivity contribution in [2.24, 2.45) is 0 Å². The van der Waals surface area contributed by atoms with Crippen LogP contribution in [0.15, 0.2) is 36.9 Å². The summed E-state index contributed by atoms with van der Waals surface area (Å²) in [5.41, 5.74) is 2.11. The van der Waals surface area contributed by atoms with Gasteiger partial charge in [0.25, 0.3) is 0 Å². The number of carbonyl (C=O) groups is 1. The summed E-state index contributed by atoms with van der Waals surface area (Å²) in [5, 5.41) is 3.24. The summed E-state index contributed by atoms with van der Waals surface area (Å²) in [6.07, 6.45) is 0. The molecule has 1 unspecified atom stereocenters. The van der Waals surface area contributed by atoms with E-state index in [9.17, 15) is 4.79 Å². The average Bonchev–Trinajstić information content (AvgIpc) is 2.46. The molecule has 3 nitrogen and oxygen atoms in total. The lowest BCUT2D eigenvalue weighted by Gasteiger charge is -2.23. The number of hydrogen-bond donors (Lipinski definition) is 1. The Labute approximate surface area is 116 Å². The van der Waals surface area contributed by atoms with E-state index in [2.05, 4.69) is 11.9 Å². The standard InChI is InChI=1S/C16H24N2O/c1-5-18(6-2)16(19)14(4)17-12-13(3)15-10-8-7-9-11-15/h7-11,14,17H,3,5-6,12H2,1-2,4H3. The Morgan fingerprint density at radius 2 is 1.84 bits per heavy atom. The maximum atomic E-state index is 12.1. The molecule has 19 heavy (non-hydrogen) atoms. The third-order valence-electron chi connectivity index (χ3n) is 3.25. The summed E-state index contributed by atoms with van der Waals surface area (Å²) in [4.78, 5) is 13.9. The number of rotatable bonds is 7. The fourth-order valence-corrected chi connectivity index (χ4v) is 1.95. The molecule has 1 amide bonds. The summed E-state index contributed by atoms with van der Waals surface area (Å²) in [6.45, 7) is 12.1. The lowest BCUT2D eigenvalue weighted by molar-refractivity contribution is -0.132. The van der Waals surface area contributed by atoms with Gasteiger partial charge >= 0.3 is 0 Å². The van der Waals surface area contributed by atoms with E-state index < -0.39 is 0 Å². The van der Waals surface area contributed by atoms with Crippen LogP contribution in [0.4, 0.5) is 0 Å². The lowest BCUT2D eigenvalue weighted by Crippen LogP contribution is -2.45. The van der Waals surface area contributed by atoms with E-state index in [1.807, 2.05) is 56.0 Å².